The molecule has 1 aromatic heterocycles. The molecule has 1 aromatic rings. The Balaban J connectivity index is 1.90. The van der Waals surface area contributed by atoms with Gasteiger partial charge in [0.05, 0.1) is 5.60 Å². The van der Waals surface area contributed by atoms with Crippen LogP contribution >= 0.6 is 0 Å². The number of nitrogens with one attached hydrogen (secondary N) is 1. The van der Waals surface area contributed by atoms with Gasteiger partial charge in [-0.15, -0.1) is 0 Å². The van der Waals surface area contributed by atoms with E-state index in [2.05, 4.69) is 10.4 Å². The topological polar surface area (TPSA) is 87.5 Å². The van der Waals surface area contributed by atoms with E-state index in [1.165, 1.54) is 0 Å². The summed E-state index contributed by atoms with van der Waals surface area (Å²) in [5, 5.41) is 17.1. The van der Waals surface area contributed by atoms with E-state index in [4.69, 9.17) is 0 Å². The third-order valence-electron chi connectivity index (χ3n) is 3.86. The van der Waals surface area contributed by atoms with Crippen molar-refractivity contribution in [2.75, 3.05) is 20.1 Å². The van der Waals surface area contributed by atoms with Crippen LogP contribution in [-0.4, -0.2) is 57.3 Å². The summed E-state index contributed by atoms with van der Waals surface area (Å²) in [6.45, 7) is 1.10. The summed E-state index contributed by atoms with van der Waals surface area (Å²) in [6.07, 6.45) is 5.37. The molecule has 2 rings (SSSR count). The van der Waals surface area contributed by atoms with E-state index >= 15 is 0 Å². The van der Waals surface area contributed by atoms with Crippen LogP contribution in [0, 0.1) is 0 Å². The number of aliphatic hydroxyl groups is 1. The number of hydrogen-bond acceptors (Lipinski definition) is 4. The molecule has 1 saturated heterocycles. The molecule has 0 radical (unpaired) electrons. The summed E-state index contributed by atoms with van der Waals surface area (Å²) in [5.74, 6) is -0.153. The third kappa shape index (κ3) is 4.29. The van der Waals surface area contributed by atoms with Crippen molar-refractivity contribution in [3.63, 3.8) is 0 Å². The van der Waals surface area contributed by atoms with Gasteiger partial charge < -0.3 is 15.3 Å². The fraction of sp³-hybridized carbons (Fsp3) is 0.643. The fourth-order valence-electron chi connectivity index (χ4n) is 2.63. The van der Waals surface area contributed by atoms with Crippen molar-refractivity contribution >= 4 is 11.8 Å². The summed E-state index contributed by atoms with van der Waals surface area (Å²) in [7, 11) is 1.58. The Morgan fingerprint density at radius 2 is 2.29 bits per heavy atom. The Morgan fingerprint density at radius 1 is 1.48 bits per heavy atom. The maximum absolute atomic E-state index is 12.2. The Morgan fingerprint density at radius 3 is 2.95 bits per heavy atom. The molecule has 0 aromatic carbocycles. The molecule has 2 amide bonds. The van der Waals surface area contributed by atoms with Crippen molar-refractivity contribution in [2.45, 2.75) is 37.8 Å². The molecule has 0 spiro atoms. The van der Waals surface area contributed by atoms with E-state index in [9.17, 15) is 14.7 Å². The number of aromatic nitrogens is 2. The SMILES string of the molecule is CNC(=O)CC[C@]1(O)CCCN(C(=O)Cn2cccn2)C1. The van der Waals surface area contributed by atoms with E-state index in [0.29, 0.717) is 19.4 Å². The van der Waals surface area contributed by atoms with Crippen molar-refractivity contribution in [3.05, 3.63) is 18.5 Å². The number of nitrogens with zero attached hydrogens (tertiary/aromatic N) is 3. The molecule has 2 N–H and O–H groups in total. The van der Waals surface area contributed by atoms with Crippen LogP contribution < -0.4 is 5.32 Å². The predicted octanol–water partition coefficient (Wildman–Crippen LogP) is -0.237. The molecule has 116 valence electrons. The Kier molecular flexibility index (Phi) is 4.95. The highest BCUT2D eigenvalue weighted by Gasteiger charge is 2.35. The number of hydrogen-bond donors (Lipinski definition) is 2. The molecule has 0 unspecified atom stereocenters. The van der Waals surface area contributed by atoms with E-state index < -0.39 is 5.60 Å². The summed E-state index contributed by atoms with van der Waals surface area (Å²) < 4.78 is 1.57. The summed E-state index contributed by atoms with van der Waals surface area (Å²) in [5.41, 5.74) is -0.968. The highest BCUT2D eigenvalue weighted by Crippen LogP contribution is 2.26. The second-order valence-corrected chi connectivity index (χ2v) is 5.52. The van der Waals surface area contributed by atoms with E-state index in [-0.39, 0.29) is 31.3 Å². The molecule has 0 bridgehead atoms. The molecule has 1 aliphatic rings. The first kappa shape index (κ1) is 15.5. The standard InChI is InChI=1S/C14H22N4O3/c1-15-12(19)4-6-14(21)5-2-8-17(11-14)13(20)10-18-9-3-7-16-18/h3,7,9,21H,2,4-6,8,10-11H2,1H3,(H,15,19)/t14-/m1/s1. The minimum absolute atomic E-state index is 0.0585. The van der Waals surface area contributed by atoms with Crippen molar-refractivity contribution in [2.24, 2.45) is 0 Å². The van der Waals surface area contributed by atoms with Gasteiger partial charge in [-0.3, -0.25) is 14.3 Å². The maximum Gasteiger partial charge on any atom is 0.244 e. The Hall–Kier alpha value is -1.89. The van der Waals surface area contributed by atoms with Gasteiger partial charge in [-0.2, -0.15) is 5.10 Å². The van der Waals surface area contributed by atoms with Crippen molar-refractivity contribution < 1.29 is 14.7 Å². The van der Waals surface area contributed by atoms with Gasteiger partial charge in [0.1, 0.15) is 6.54 Å². The largest absolute Gasteiger partial charge is 0.388 e. The lowest BCUT2D eigenvalue weighted by atomic mass is 9.88. The average Bonchev–Trinajstić information content (AvgIpc) is 2.97. The normalized spacial score (nSPS) is 22.1. The molecule has 2 heterocycles. The predicted molar refractivity (Wildman–Crippen MR) is 76.3 cm³/mol. The van der Waals surface area contributed by atoms with Gasteiger partial charge in [0.25, 0.3) is 0 Å². The first-order chi connectivity index (χ1) is 10.0. The first-order valence-electron chi connectivity index (χ1n) is 7.20. The zero-order chi connectivity index (χ0) is 15.3. The van der Waals surface area contributed by atoms with Crippen LogP contribution in [0.2, 0.25) is 0 Å². The summed E-state index contributed by atoms with van der Waals surface area (Å²) in [4.78, 5) is 25.2. The maximum atomic E-state index is 12.2. The van der Waals surface area contributed by atoms with Crippen LogP contribution in [0.5, 0.6) is 0 Å². The van der Waals surface area contributed by atoms with Gasteiger partial charge in [-0.05, 0) is 25.3 Å². The third-order valence-corrected chi connectivity index (χ3v) is 3.86. The zero-order valence-electron chi connectivity index (χ0n) is 12.3. The minimum Gasteiger partial charge on any atom is -0.388 e. The van der Waals surface area contributed by atoms with Crippen LogP contribution in [0.1, 0.15) is 25.7 Å². The minimum atomic E-state index is -0.968. The number of likely N-dealkylation sites (tertiary alicyclic amines) is 1. The Bertz CT molecular complexity index is 488. The van der Waals surface area contributed by atoms with E-state index in [1.807, 2.05) is 0 Å². The molecule has 1 fully saturated rings. The second-order valence-electron chi connectivity index (χ2n) is 5.52. The highest BCUT2D eigenvalue weighted by atomic mass is 16.3. The number of carbonyl (C=O) groups is 2. The van der Waals surface area contributed by atoms with Gasteiger partial charge in [0.15, 0.2) is 0 Å². The van der Waals surface area contributed by atoms with Gasteiger partial charge in [0, 0.05) is 39.0 Å². The molecule has 1 aliphatic heterocycles. The summed E-state index contributed by atoms with van der Waals surface area (Å²) in [6, 6.07) is 1.77. The van der Waals surface area contributed by atoms with Crippen LogP contribution in [0.4, 0.5) is 0 Å². The van der Waals surface area contributed by atoms with Crippen LogP contribution in [0.3, 0.4) is 0 Å². The number of rotatable bonds is 5. The lowest BCUT2D eigenvalue weighted by molar-refractivity contribution is -0.140. The van der Waals surface area contributed by atoms with Crippen molar-refractivity contribution in [1.82, 2.24) is 20.0 Å². The second kappa shape index (κ2) is 6.71. The Labute approximate surface area is 123 Å². The lowest BCUT2D eigenvalue weighted by Crippen LogP contribution is -2.51. The zero-order valence-corrected chi connectivity index (χ0v) is 12.3. The summed E-state index contributed by atoms with van der Waals surface area (Å²) >= 11 is 0. The van der Waals surface area contributed by atoms with E-state index in [0.717, 1.165) is 6.42 Å². The molecular weight excluding hydrogens is 272 g/mol. The molecule has 1 atom stereocenters. The smallest absolute Gasteiger partial charge is 0.244 e. The number of piperidine rings is 1. The average molecular weight is 294 g/mol. The molecule has 0 aliphatic carbocycles. The molecular formula is C14H22N4O3. The van der Waals surface area contributed by atoms with Crippen LogP contribution in [0.15, 0.2) is 18.5 Å². The number of carbonyl (C=O) groups excluding carboxylic acids is 2. The highest BCUT2D eigenvalue weighted by molar-refractivity contribution is 5.76. The van der Waals surface area contributed by atoms with Crippen LogP contribution in [-0.2, 0) is 16.1 Å². The molecule has 0 saturated carbocycles. The quantitative estimate of drug-likeness (QED) is 0.785. The van der Waals surface area contributed by atoms with Gasteiger partial charge >= 0.3 is 0 Å². The number of β-amino-alcohol motifs (C(OH)–C–C–N with tert-alkyl or cyclic N) is 1. The number of amides is 2. The van der Waals surface area contributed by atoms with Crippen molar-refractivity contribution in [1.29, 1.82) is 0 Å². The van der Waals surface area contributed by atoms with Gasteiger partial charge in [-0.1, -0.05) is 0 Å². The first-order valence-corrected chi connectivity index (χ1v) is 7.20. The molecule has 7 nitrogen and oxygen atoms in total. The molecule has 21 heavy (non-hydrogen) atoms. The van der Waals surface area contributed by atoms with Gasteiger partial charge in [-0.25, -0.2) is 0 Å². The van der Waals surface area contributed by atoms with Crippen LogP contribution in [0.25, 0.3) is 0 Å². The lowest BCUT2D eigenvalue weighted by Gasteiger charge is -2.39. The van der Waals surface area contributed by atoms with Gasteiger partial charge in [0.2, 0.25) is 11.8 Å². The fourth-order valence-corrected chi connectivity index (χ4v) is 2.63. The van der Waals surface area contributed by atoms with Crippen molar-refractivity contribution in [3.8, 4) is 0 Å². The molecule has 7 heteroatoms. The monoisotopic (exact) mass is 294 g/mol. The van der Waals surface area contributed by atoms with E-state index in [1.54, 1.807) is 35.1 Å².